The van der Waals surface area contributed by atoms with E-state index in [4.69, 9.17) is 17.3 Å². The number of nitrogens with two attached hydrogens (primary N) is 1. The SMILES string of the molecule is Cc1nsc2c(Cl)cc(CN)cc12. The summed E-state index contributed by atoms with van der Waals surface area (Å²) in [4.78, 5) is 0. The molecule has 0 bridgehead atoms. The Bertz CT molecular complexity index is 450. The van der Waals surface area contributed by atoms with Gasteiger partial charge in [0.1, 0.15) is 0 Å². The molecule has 0 aliphatic rings. The molecule has 1 aromatic carbocycles. The summed E-state index contributed by atoms with van der Waals surface area (Å²) in [7, 11) is 0. The van der Waals surface area contributed by atoms with Gasteiger partial charge in [-0.2, -0.15) is 4.37 Å². The van der Waals surface area contributed by atoms with Crippen LogP contribution in [0.4, 0.5) is 0 Å². The Morgan fingerprint density at radius 2 is 2.31 bits per heavy atom. The lowest BCUT2D eigenvalue weighted by atomic mass is 10.1. The first-order valence-corrected chi connectivity index (χ1v) is 5.12. The highest BCUT2D eigenvalue weighted by Gasteiger charge is 2.06. The van der Waals surface area contributed by atoms with Crippen molar-refractivity contribution >= 4 is 33.2 Å². The molecule has 0 radical (unpaired) electrons. The summed E-state index contributed by atoms with van der Waals surface area (Å²) in [5.74, 6) is 0. The summed E-state index contributed by atoms with van der Waals surface area (Å²) in [6.07, 6.45) is 0. The minimum atomic E-state index is 0.519. The Morgan fingerprint density at radius 1 is 1.54 bits per heavy atom. The van der Waals surface area contributed by atoms with Gasteiger partial charge < -0.3 is 5.73 Å². The lowest BCUT2D eigenvalue weighted by molar-refractivity contribution is 1.08. The maximum Gasteiger partial charge on any atom is 0.0739 e. The number of halogens is 1. The van der Waals surface area contributed by atoms with Crippen LogP contribution in [0.25, 0.3) is 10.1 Å². The second-order valence-electron chi connectivity index (χ2n) is 2.93. The molecule has 4 heteroatoms. The molecule has 0 saturated carbocycles. The molecule has 1 aromatic heterocycles. The standard InChI is InChI=1S/C9H9ClN2S/c1-5-7-2-6(4-11)3-8(10)9(7)13-12-5/h2-3H,4,11H2,1H3. The van der Waals surface area contributed by atoms with E-state index in [1.54, 1.807) is 0 Å². The second-order valence-corrected chi connectivity index (χ2v) is 4.11. The molecule has 2 N–H and O–H groups in total. The van der Waals surface area contributed by atoms with E-state index in [0.717, 1.165) is 26.4 Å². The fraction of sp³-hybridized carbons (Fsp3) is 0.222. The molecule has 0 atom stereocenters. The van der Waals surface area contributed by atoms with Crippen molar-refractivity contribution in [2.24, 2.45) is 5.73 Å². The molecular formula is C9H9ClN2S. The zero-order valence-corrected chi connectivity index (χ0v) is 8.75. The number of fused-ring (bicyclic) bond motifs is 1. The number of aryl methyl sites for hydroxylation is 1. The third kappa shape index (κ3) is 1.43. The number of benzene rings is 1. The van der Waals surface area contributed by atoms with Gasteiger partial charge >= 0.3 is 0 Å². The van der Waals surface area contributed by atoms with E-state index in [1.165, 1.54) is 11.5 Å². The van der Waals surface area contributed by atoms with Crippen molar-refractivity contribution < 1.29 is 0 Å². The van der Waals surface area contributed by atoms with Crippen molar-refractivity contribution in [1.82, 2.24) is 4.37 Å². The maximum absolute atomic E-state index is 6.07. The summed E-state index contributed by atoms with van der Waals surface area (Å²) in [5, 5.41) is 1.88. The number of rotatable bonds is 1. The minimum absolute atomic E-state index is 0.519. The van der Waals surface area contributed by atoms with Crippen molar-refractivity contribution in [1.29, 1.82) is 0 Å². The molecule has 68 valence electrons. The lowest BCUT2D eigenvalue weighted by Crippen LogP contribution is -1.95. The van der Waals surface area contributed by atoms with Crippen LogP contribution in [-0.4, -0.2) is 4.37 Å². The Morgan fingerprint density at radius 3 is 3.00 bits per heavy atom. The summed E-state index contributed by atoms with van der Waals surface area (Å²) in [6.45, 7) is 2.50. The molecule has 0 saturated heterocycles. The largest absolute Gasteiger partial charge is 0.326 e. The predicted octanol–water partition coefficient (Wildman–Crippen LogP) is 2.72. The van der Waals surface area contributed by atoms with E-state index < -0.39 is 0 Å². The molecule has 2 aromatic rings. The number of hydrogen-bond donors (Lipinski definition) is 1. The molecule has 0 aliphatic carbocycles. The first kappa shape index (κ1) is 8.94. The van der Waals surface area contributed by atoms with Gasteiger partial charge in [-0.1, -0.05) is 11.6 Å². The molecule has 0 amide bonds. The van der Waals surface area contributed by atoms with Gasteiger partial charge in [0.15, 0.2) is 0 Å². The van der Waals surface area contributed by atoms with E-state index in [2.05, 4.69) is 10.4 Å². The lowest BCUT2D eigenvalue weighted by Gasteiger charge is -1.99. The van der Waals surface area contributed by atoms with Gasteiger partial charge in [0.2, 0.25) is 0 Å². The summed E-state index contributed by atoms with van der Waals surface area (Å²) >= 11 is 7.51. The Kier molecular flexibility index (Phi) is 2.24. The van der Waals surface area contributed by atoms with Gasteiger partial charge in [-0.3, -0.25) is 0 Å². The maximum atomic E-state index is 6.07. The molecule has 2 rings (SSSR count). The van der Waals surface area contributed by atoms with Crippen molar-refractivity contribution in [3.8, 4) is 0 Å². The average molecular weight is 213 g/mol. The fourth-order valence-electron chi connectivity index (χ4n) is 1.29. The monoisotopic (exact) mass is 212 g/mol. The molecule has 13 heavy (non-hydrogen) atoms. The zero-order valence-electron chi connectivity index (χ0n) is 7.17. The van der Waals surface area contributed by atoms with Gasteiger partial charge in [0.25, 0.3) is 0 Å². The third-order valence-electron chi connectivity index (χ3n) is 2.00. The molecule has 0 unspecified atom stereocenters. The first-order chi connectivity index (χ1) is 6.22. The highest BCUT2D eigenvalue weighted by atomic mass is 35.5. The Labute approximate surface area is 85.5 Å². The van der Waals surface area contributed by atoms with Crippen LogP contribution < -0.4 is 5.73 Å². The van der Waals surface area contributed by atoms with Crippen molar-refractivity contribution in [3.63, 3.8) is 0 Å². The van der Waals surface area contributed by atoms with E-state index in [1.807, 2.05) is 13.0 Å². The smallest absolute Gasteiger partial charge is 0.0739 e. The van der Waals surface area contributed by atoms with Gasteiger partial charge in [-0.25, -0.2) is 0 Å². The van der Waals surface area contributed by atoms with Crippen LogP contribution in [0, 0.1) is 6.92 Å². The topological polar surface area (TPSA) is 38.9 Å². The molecule has 1 heterocycles. The zero-order chi connectivity index (χ0) is 9.42. The number of aromatic nitrogens is 1. The van der Waals surface area contributed by atoms with Gasteiger partial charge in [-0.15, -0.1) is 0 Å². The van der Waals surface area contributed by atoms with Crippen molar-refractivity contribution in [2.45, 2.75) is 13.5 Å². The summed E-state index contributed by atoms with van der Waals surface area (Å²) < 4.78 is 5.30. The van der Waals surface area contributed by atoms with E-state index in [-0.39, 0.29) is 0 Å². The van der Waals surface area contributed by atoms with Gasteiger partial charge in [0, 0.05) is 11.9 Å². The van der Waals surface area contributed by atoms with Crippen LogP contribution in [0.1, 0.15) is 11.3 Å². The normalized spacial score (nSPS) is 11.0. The minimum Gasteiger partial charge on any atom is -0.326 e. The molecule has 0 aliphatic heterocycles. The molecule has 2 nitrogen and oxygen atoms in total. The fourth-order valence-corrected chi connectivity index (χ4v) is 2.42. The predicted molar refractivity (Wildman–Crippen MR) is 57.3 cm³/mol. The number of hydrogen-bond acceptors (Lipinski definition) is 3. The Hall–Kier alpha value is -0.640. The summed E-state index contributed by atoms with van der Waals surface area (Å²) in [6, 6.07) is 3.96. The average Bonchev–Trinajstić information content (AvgIpc) is 2.48. The highest BCUT2D eigenvalue weighted by Crippen LogP contribution is 2.30. The van der Waals surface area contributed by atoms with Crippen LogP contribution in [0.5, 0.6) is 0 Å². The highest BCUT2D eigenvalue weighted by molar-refractivity contribution is 7.14. The molecular weight excluding hydrogens is 204 g/mol. The van der Waals surface area contributed by atoms with E-state index >= 15 is 0 Å². The van der Waals surface area contributed by atoms with Crippen LogP contribution in [0.15, 0.2) is 12.1 Å². The number of nitrogens with zero attached hydrogens (tertiary/aromatic N) is 1. The van der Waals surface area contributed by atoms with Gasteiger partial charge in [-0.05, 0) is 36.2 Å². The van der Waals surface area contributed by atoms with Crippen LogP contribution >= 0.6 is 23.1 Å². The van der Waals surface area contributed by atoms with Gasteiger partial charge in [0.05, 0.1) is 15.4 Å². The quantitative estimate of drug-likeness (QED) is 0.790. The van der Waals surface area contributed by atoms with Crippen LogP contribution in [0.2, 0.25) is 5.02 Å². The molecule has 0 fully saturated rings. The Balaban J connectivity index is 2.80. The third-order valence-corrected chi connectivity index (χ3v) is 3.40. The van der Waals surface area contributed by atoms with Crippen LogP contribution in [-0.2, 0) is 6.54 Å². The van der Waals surface area contributed by atoms with E-state index in [9.17, 15) is 0 Å². The second kappa shape index (κ2) is 3.25. The summed E-state index contributed by atoms with van der Waals surface area (Å²) in [5.41, 5.74) is 7.63. The van der Waals surface area contributed by atoms with Crippen molar-refractivity contribution in [2.75, 3.05) is 0 Å². The van der Waals surface area contributed by atoms with Crippen molar-refractivity contribution in [3.05, 3.63) is 28.4 Å². The van der Waals surface area contributed by atoms with Crippen LogP contribution in [0.3, 0.4) is 0 Å². The first-order valence-electron chi connectivity index (χ1n) is 3.97. The van der Waals surface area contributed by atoms with E-state index in [0.29, 0.717) is 6.54 Å². The molecule has 0 spiro atoms.